The number of likely N-dealkylation sites (tertiary alicyclic amines) is 1. The third-order valence-corrected chi connectivity index (χ3v) is 5.53. The van der Waals surface area contributed by atoms with Crippen molar-refractivity contribution in [2.75, 3.05) is 11.9 Å². The molecule has 4 nitrogen and oxygen atoms in total. The van der Waals surface area contributed by atoms with Crippen molar-refractivity contribution >= 4 is 28.2 Å². The maximum absolute atomic E-state index is 12.9. The number of anilines is 1. The molecule has 1 aromatic rings. The standard InChI is InChI=1S/C18H28N2O2S/c1-6-13-9-7-8-10-20(13)16(21)15-12(2)11-14(23-15)19-17(22)18(3,4)5/h11,13H,6-10H2,1-5H3,(H,19,22). The number of carbonyl (C=O) groups is 2. The summed E-state index contributed by atoms with van der Waals surface area (Å²) in [5.41, 5.74) is 0.507. The van der Waals surface area contributed by atoms with E-state index >= 15 is 0 Å². The fourth-order valence-electron chi connectivity index (χ4n) is 2.88. The molecule has 0 aromatic carbocycles. The summed E-state index contributed by atoms with van der Waals surface area (Å²) in [7, 11) is 0. The number of aryl methyl sites for hydroxylation is 1. The van der Waals surface area contributed by atoms with Gasteiger partial charge in [-0.2, -0.15) is 0 Å². The second-order valence-electron chi connectivity index (χ2n) is 7.38. The molecule has 0 saturated carbocycles. The zero-order chi connectivity index (χ0) is 17.2. The SMILES string of the molecule is CCC1CCCCN1C(=O)c1sc(NC(=O)C(C)(C)C)cc1C. The lowest BCUT2D eigenvalue weighted by molar-refractivity contribution is -0.123. The predicted molar refractivity (Wildman–Crippen MR) is 96.1 cm³/mol. The molecule has 23 heavy (non-hydrogen) atoms. The molecule has 1 saturated heterocycles. The second kappa shape index (κ2) is 7.04. The molecule has 5 heteroatoms. The van der Waals surface area contributed by atoms with Gasteiger partial charge in [-0.15, -0.1) is 11.3 Å². The monoisotopic (exact) mass is 336 g/mol. The van der Waals surface area contributed by atoms with Crippen LogP contribution in [-0.4, -0.2) is 29.3 Å². The van der Waals surface area contributed by atoms with Crippen molar-refractivity contribution in [2.24, 2.45) is 5.41 Å². The van der Waals surface area contributed by atoms with Crippen molar-refractivity contribution in [3.8, 4) is 0 Å². The van der Waals surface area contributed by atoms with Gasteiger partial charge >= 0.3 is 0 Å². The first kappa shape index (κ1) is 18.0. The van der Waals surface area contributed by atoms with Crippen LogP contribution in [0.25, 0.3) is 0 Å². The quantitative estimate of drug-likeness (QED) is 0.887. The molecule has 1 aromatic heterocycles. The largest absolute Gasteiger partial charge is 0.335 e. The normalized spacial score (nSPS) is 18.8. The maximum atomic E-state index is 12.9. The molecule has 2 rings (SSSR count). The summed E-state index contributed by atoms with van der Waals surface area (Å²) < 4.78 is 0. The van der Waals surface area contributed by atoms with E-state index in [0.717, 1.165) is 41.2 Å². The molecule has 2 amide bonds. The molecule has 1 aliphatic heterocycles. The lowest BCUT2D eigenvalue weighted by atomic mass is 9.96. The van der Waals surface area contributed by atoms with Crippen molar-refractivity contribution in [1.29, 1.82) is 0 Å². The first-order chi connectivity index (χ1) is 10.7. The molecule has 2 heterocycles. The van der Waals surface area contributed by atoms with E-state index in [4.69, 9.17) is 0 Å². The number of thiophene rings is 1. The Kier molecular flexibility index (Phi) is 5.50. The number of nitrogens with one attached hydrogen (secondary N) is 1. The van der Waals surface area contributed by atoms with E-state index in [1.54, 1.807) is 0 Å². The van der Waals surface area contributed by atoms with Gasteiger partial charge in [0.15, 0.2) is 0 Å². The van der Waals surface area contributed by atoms with Crippen LogP contribution in [0.1, 0.15) is 68.6 Å². The highest BCUT2D eigenvalue weighted by Gasteiger charge is 2.29. The Hall–Kier alpha value is -1.36. The molecule has 0 radical (unpaired) electrons. The third kappa shape index (κ3) is 4.14. The number of hydrogen-bond donors (Lipinski definition) is 1. The van der Waals surface area contributed by atoms with Gasteiger partial charge in [-0.1, -0.05) is 27.7 Å². The summed E-state index contributed by atoms with van der Waals surface area (Å²) in [5.74, 6) is 0.0949. The topological polar surface area (TPSA) is 49.4 Å². The molecule has 128 valence electrons. The van der Waals surface area contributed by atoms with Gasteiger partial charge in [0.1, 0.15) is 0 Å². The zero-order valence-corrected chi connectivity index (χ0v) is 15.7. The minimum absolute atomic E-state index is 0.0258. The molecular formula is C18H28N2O2S. The highest BCUT2D eigenvalue weighted by atomic mass is 32.1. The fraction of sp³-hybridized carbons (Fsp3) is 0.667. The maximum Gasteiger partial charge on any atom is 0.264 e. The fourth-order valence-corrected chi connectivity index (χ4v) is 3.90. The number of carbonyl (C=O) groups excluding carboxylic acids is 2. The summed E-state index contributed by atoms with van der Waals surface area (Å²) in [6, 6.07) is 2.26. The minimum Gasteiger partial charge on any atom is -0.335 e. The lowest BCUT2D eigenvalue weighted by Gasteiger charge is -2.35. The van der Waals surface area contributed by atoms with Gasteiger partial charge in [-0.3, -0.25) is 9.59 Å². The van der Waals surface area contributed by atoms with Gasteiger partial charge in [0.05, 0.1) is 9.88 Å². The third-order valence-electron chi connectivity index (χ3n) is 4.39. The first-order valence-electron chi connectivity index (χ1n) is 8.47. The Morgan fingerprint density at radius 1 is 1.35 bits per heavy atom. The lowest BCUT2D eigenvalue weighted by Crippen LogP contribution is -2.43. The number of nitrogens with zero attached hydrogens (tertiary/aromatic N) is 1. The van der Waals surface area contributed by atoms with Gasteiger partial charge in [0.2, 0.25) is 5.91 Å². The zero-order valence-electron chi connectivity index (χ0n) is 14.9. The Morgan fingerprint density at radius 2 is 2.04 bits per heavy atom. The Labute approximate surface area is 143 Å². The van der Waals surface area contributed by atoms with Crippen LogP contribution >= 0.6 is 11.3 Å². The number of amides is 2. The Balaban J connectivity index is 2.17. The Bertz CT molecular complexity index is 586. The summed E-state index contributed by atoms with van der Waals surface area (Å²) in [6.07, 6.45) is 4.39. The molecule has 0 spiro atoms. The van der Waals surface area contributed by atoms with Crippen LogP contribution in [-0.2, 0) is 4.79 Å². The predicted octanol–water partition coefficient (Wildman–Crippen LogP) is 4.45. The molecule has 1 unspecified atom stereocenters. The van der Waals surface area contributed by atoms with Crippen molar-refractivity contribution in [2.45, 2.75) is 66.3 Å². The molecule has 1 atom stereocenters. The molecule has 0 bridgehead atoms. The van der Waals surface area contributed by atoms with Gasteiger partial charge in [0.25, 0.3) is 5.91 Å². The van der Waals surface area contributed by atoms with Crippen LogP contribution in [0.5, 0.6) is 0 Å². The minimum atomic E-state index is -0.442. The van der Waals surface area contributed by atoms with Gasteiger partial charge in [0, 0.05) is 18.0 Å². The highest BCUT2D eigenvalue weighted by Crippen LogP contribution is 2.31. The molecule has 1 fully saturated rings. The van der Waals surface area contributed by atoms with Crippen LogP contribution < -0.4 is 5.32 Å². The highest BCUT2D eigenvalue weighted by molar-refractivity contribution is 7.18. The summed E-state index contributed by atoms with van der Waals surface area (Å²) in [4.78, 5) is 27.8. The molecule has 0 aliphatic carbocycles. The average molecular weight is 337 g/mol. The first-order valence-corrected chi connectivity index (χ1v) is 9.28. The smallest absolute Gasteiger partial charge is 0.264 e. The van der Waals surface area contributed by atoms with Crippen molar-refractivity contribution < 1.29 is 9.59 Å². The molecular weight excluding hydrogens is 308 g/mol. The summed E-state index contributed by atoms with van der Waals surface area (Å²) in [5, 5.41) is 3.69. The summed E-state index contributed by atoms with van der Waals surface area (Å²) in [6.45, 7) is 10.6. The van der Waals surface area contributed by atoms with E-state index in [-0.39, 0.29) is 11.8 Å². The van der Waals surface area contributed by atoms with E-state index in [1.165, 1.54) is 17.8 Å². The van der Waals surface area contributed by atoms with Crippen molar-refractivity contribution in [3.05, 3.63) is 16.5 Å². The van der Waals surface area contributed by atoms with Crippen LogP contribution in [0.3, 0.4) is 0 Å². The van der Waals surface area contributed by atoms with Crippen LogP contribution in [0.15, 0.2) is 6.07 Å². The van der Waals surface area contributed by atoms with E-state index < -0.39 is 5.41 Å². The average Bonchev–Trinajstić information content (AvgIpc) is 2.86. The van der Waals surface area contributed by atoms with Gasteiger partial charge in [-0.05, 0) is 44.2 Å². The van der Waals surface area contributed by atoms with E-state index in [9.17, 15) is 9.59 Å². The van der Waals surface area contributed by atoms with Gasteiger partial charge < -0.3 is 10.2 Å². The van der Waals surface area contributed by atoms with E-state index in [0.29, 0.717) is 6.04 Å². The van der Waals surface area contributed by atoms with Crippen LogP contribution in [0.2, 0.25) is 0 Å². The van der Waals surface area contributed by atoms with Crippen LogP contribution in [0, 0.1) is 12.3 Å². The number of rotatable bonds is 3. The van der Waals surface area contributed by atoms with E-state index in [2.05, 4.69) is 12.2 Å². The Morgan fingerprint density at radius 3 is 2.65 bits per heavy atom. The van der Waals surface area contributed by atoms with Crippen LogP contribution in [0.4, 0.5) is 5.00 Å². The van der Waals surface area contributed by atoms with Crippen molar-refractivity contribution in [3.63, 3.8) is 0 Å². The van der Waals surface area contributed by atoms with Gasteiger partial charge in [-0.25, -0.2) is 0 Å². The number of hydrogen-bond acceptors (Lipinski definition) is 3. The van der Waals surface area contributed by atoms with Crippen molar-refractivity contribution in [1.82, 2.24) is 4.90 Å². The summed E-state index contributed by atoms with van der Waals surface area (Å²) >= 11 is 1.40. The van der Waals surface area contributed by atoms with E-state index in [1.807, 2.05) is 38.7 Å². The molecule has 1 aliphatic rings. The molecule has 1 N–H and O–H groups in total. The number of piperidine rings is 1. The second-order valence-corrected chi connectivity index (χ2v) is 8.44.